The van der Waals surface area contributed by atoms with E-state index in [1.165, 1.54) is 0 Å². The fourth-order valence-corrected chi connectivity index (χ4v) is 7.03. The van der Waals surface area contributed by atoms with Crippen LogP contribution in [0.1, 0.15) is 80.7 Å². The smallest absolute Gasteiger partial charge is 0.323 e. The lowest BCUT2D eigenvalue weighted by molar-refractivity contribution is -0.276. The number of aliphatic hydroxyl groups is 1. The summed E-state index contributed by atoms with van der Waals surface area (Å²) in [7, 11) is 0. The van der Waals surface area contributed by atoms with Gasteiger partial charge in [-0.15, -0.1) is 0 Å². The molecule has 2 fully saturated rings. The Labute approximate surface area is 307 Å². The molecular formula is C43H51N3O6. The maximum absolute atomic E-state index is 13.2. The maximum atomic E-state index is 13.2. The van der Waals surface area contributed by atoms with Crippen molar-refractivity contribution in [2.24, 2.45) is 5.92 Å². The first-order valence-corrected chi connectivity index (χ1v) is 18.3. The van der Waals surface area contributed by atoms with Gasteiger partial charge in [0.2, 0.25) is 0 Å². The highest BCUT2D eigenvalue weighted by atomic mass is 16.7. The van der Waals surface area contributed by atoms with Crippen LogP contribution < -0.4 is 10.6 Å². The molecule has 2 saturated heterocycles. The number of hydrogen-bond donors (Lipinski definition) is 3. The molecule has 2 heterocycles. The van der Waals surface area contributed by atoms with Gasteiger partial charge in [-0.3, -0.25) is 9.69 Å². The van der Waals surface area contributed by atoms with Crippen molar-refractivity contribution in [3.05, 3.63) is 131 Å². The first-order chi connectivity index (χ1) is 25.1. The summed E-state index contributed by atoms with van der Waals surface area (Å²) in [6.07, 6.45) is 0.570. The lowest BCUT2D eigenvalue weighted by atomic mass is 9.89. The van der Waals surface area contributed by atoms with Crippen molar-refractivity contribution in [1.29, 1.82) is 0 Å². The van der Waals surface area contributed by atoms with E-state index in [0.29, 0.717) is 19.6 Å². The van der Waals surface area contributed by atoms with Gasteiger partial charge in [0.15, 0.2) is 6.29 Å². The number of amides is 2. The molecule has 0 aromatic heterocycles. The zero-order valence-electron chi connectivity index (χ0n) is 30.6. The van der Waals surface area contributed by atoms with Crippen LogP contribution in [0.5, 0.6) is 0 Å². The number of likely N-dealkylation sites (tertiary alicyclic amines) is 1. The van der Waals surface area contributed by atoms with Gasteiger partial charge in [-0.2, -0.15) is 0 Å². The first kappa shape index (κ1) is 37.2. The van der Waals surface area contributed by atoms with Gasteiger partial charge in [0, 0.05) is 31.1 Å². The Kier molecular flexibility index (Phi) is 12.1. The lowest BCUT2D eigenvalue weighted by Crippen LogP contribution is -2.48. The lowest BCUT2D eigenvalue weighted by Gasteiger charge is -2.43. The number of benzene rings is 4. The van der Waals surface area contributed by atoms with Gasteiger partial charge in [-0.1, -0.05) is 110 Å². The Morgan fingerprint density at radius 3 is 2.21 bits per heavy atom. The van der Waals surface area contributed by atoms with E-state index in [1.807, 2.05) is 106 Å². The number of nitrogens with zero attached hydrogens (tertiary/aromatic N) is 1. The summed E-state index contributed by atoms with van der Waals surface area (Å²) in [6, 6.07) is 33.4. The third-order valence-electron chi connectivity index (χ3n) is 9.83. The molecule has 52 heavy (non-hydrogen) atoms. The molecule has 0 bridgehead atoms. The van der Waals surface area contributed by atoms with E-state index in [4.69, 9.17) is 14.2 Å². The molecule has 274 valence electrons. The zero-order valence-corrected chi connectivity index (χ0v) is 30.6. The van der Waals surface area contributed by atoms with Gasteiger partial charge in [-0.05, 0) is 73.5 Å². The van der Waals surface area contributed by atoms with Crippen LogP contribution in [0.2, 0.25) is 0 Å². The van der Waals surface area contributed by atoms with Crippen molar-refractivity contribution in [3.63, 3.8) is 0 Å². The van der Waals surface area contributed by atoms with Crippen LogP contribution in [0.4, 0.5) is 4.79 Å². The van der Waals surface area contributed by atoms with Crippen LogP contribution >= 0.6 is 0 Å². The fraction of sp³-hybridized carbons (Fsp3) is 0.395. The Morgan fingerprint density at radius 2 is 1.50 bits per heavy atom. The number of rotatable bonds is 11. The molecule has 2 amide bonds. The number of ether oxygens (including phenoxy) is 3. The van der Waals surface area contributed by atoms with Gasteiger partial charge >= 0.3 is 12.0 Å². The topological polar surface area (TPSA) is 109 Å². The van der Waals surface area contributed by atoms with Gasteiger partial charge in [0.05, 0.1) is 18.8 Å². The minimum atomic E-state index is -0.634. The third-order valence-corrected chi connectivity index (χ3v) is 9.83. The van der Waals surface area contributed by atoms with Crippen LogP contribution in [-0.4, -0.2) is 52.8 Å². The highest BCUT2D eigenvalue weighted by Crippen LogP contribution is 2.43. The highest BCUT2D eigenvalue weighted by molar-refractivity contribution is 5.76. The second-order valence-electron chi connectivity index (χ2n) is 14.8. The van der Waals surface area contributed by atoms with Crippen LogP contribution in [0.3, 0.4) is 0 Å². The van der Waals surface area contributed by atoms with Crippen molar-refractivity contribution in [2.75, 3.05) is 13.1 Å². The van der Waals surface area contributed by atoms with Crippen LogP contribution in [0, 0.1) is 5.92 Å². The molecule has 0 spiro atoms. The van der Waals surface area contributed by atoms with Crippen molar-refractivity contribution < 1.29 is 28.9 Å². The van der Waals surface area contributed by atoms with E-state index in [0.717, 1.165) is 58.3 Å². The number of hydrogen-bond acceptors (Lipinski definition) is 7. The van der Waals surface area contributed by atoms with Crippen molar-refractivity contribution >= 4 is 12.0 Å². The maximum Gasteiger partial charge on any atom is 0.323 e. The molecule has 0 aliphatic carbocycles. The molecule has 9 heteroatoms. The molecule has 5 atom stereocenters. The molecule has 0 radical (unpaired) electrons. The van der Waals surface area contributed by atoms with E-state index < -0.39 is 11.9 Å². The first-order valence-electron chi connectivity index (χ1n) is 18.3. The van der Waals surface area contributed by atoms with Crippen LogP contribution in [-0.2, 0) is 38.7 Å². The predicted octanol–water partition coefficient (Wildman–Crippen LogP) is 7.44. The average Bonchev–Trinajstić information content (AvgIpc) is 3.62. The molecule has 0 saturated carbocycles. The minimum Gasteiger partial charge on any atom is -0.459 e. The molecule has 9 nitrogen and oxygen atoms in total. The molecular weight excluding hydrogens is 654 g/mol. The zero-order chi connectivity index (χ0) is 36.7. The predicted molar refractivity (Wildman–Crippen MR) is 201 cm³/mol. The molecule has 4 aromatic carbocycles. The number of aliphatic hydroxyl groups excluding tert-OH is 1. The number of esters is 1. The molecule has 6 rings (SSSR count). The Bertz CT molecular complexity index is 1770. The van der Waals surface area contributed by atoms with Gasteiger partial charge < -0.3 is 30.0 Å². The molecule has 2 aliphatic rings. The van der Waals surface area contributed by atoms with Crippen molar-refractivity contribution in [2.45, 2.75) is 90.4 Å². The standard InChI is InChI=1S/C43H51N3O6/c1-29-38(27-46-24-10-15-37(46)40(48)52-43(2,3)4)50-41(51-39(29)33-18-16-31(28-47)17-19-33)34-22-20-32(21-23-34)36-14-9-8-13-35(36)26-45-42(49)44-25-30-11-6-5-7-12-30/h5-9,11-14,16-23,29,37-39,41,47H,10,15,24-28H2,1-4H3,(H2,44,45,49). The molecule has 4 aromatic rings. The van der Waals surface area contributed by atoms with Crippen molar-refractivity contribution in [1.82, 2.24) is 15.5 Å². The van der Waals surface area contributed by atoms with E-state index in [2.05, 4.69) is 40.7 Å². The van der Waals surface area contributed by atoms with E-state index in [-0.39, 0.29) is 42.8 Å². The molecule has 3 N–H and O–H groups in total. The number of nitrogens with one attached hydrogen (secondary N) is 2. The Hall–Kier alpha value is -4.54. The molecule has 2 aliphatic heterocycles. The summed E-state index contributed by atoms with van der Waals surface area (Å²) in [5.41, 5.74) is 6.27. The van der Waals surface area contributed by atoms with E-state index >= 15 is 0 Å². The van der Waals surface area contributed by atoms with E-state index in [1.54, 1.807) is 0 Å². The Morgan fingerprint density at radius 1 is 0.827 bits per heavy atom. The average molecular weight is 706 g/mol. The van der Waals surface area contributed by atoms with Gasteiger partial charge in [-0.25, -0.2) is 4.79 Å². The largest absolute Gasteiger partial charge is 0.459 e. The normalized spacial score (nSPS) is 22.1. The highest BCUT2D eigenvalue weighted by Gasteiger charge is 2.42. The summed E-state index contributed by atoms with van der Waals surface area (Å²) < 4.78 is 19.3. The molecule has 5 unspecified atom stereocenters. The summed E-state index contributed by atoms with van der Waals surface area (Å²) in [6.45, 7) is 10.0. The second-order valence-corrected chi connectivity index (χ2v) is 14.8. The number of carbonyl (C=O) groups is 2. The van der Waals surface area contributed by atoms with Crippen LogP contribution in [0.15, 0.2) is 103 Å². The number of urea groups is 1. The van der Waals surface area contributed by atoms with Crippen LogP contribution in [0.25, 0.3) is 11.1 Å². The monoisotopic (exact) mass is 705 g/mol. The van der Waals surface area contributed by atoms with Gasteiger partial charge in [0.25, 0.3) is 0 Å². The summed E-state index contributed by atoms with van der Waals surface area (Å²) in [4.78, 5) is 28.0. The SMILES string of the molecule is CC1C(CN2CCCC2C(=O)OC(C)(C)C)OC(c2ccc(-c3ccccc3CNC(=O)NCc3ccccc3)cc2)OC1c1ccc(CO)cc1. The van der Waals surface area contributed by atoms with Gasteiger partial charge in [0.1, 0.15) is 11.6 Å². The summed E-state index contributed by atoms with van der Waals surface area (Å²) in [5.74, 6) is -0.198. The minimum absolute atomic E-state index is 0.0142. The third kappa shape index (κ3) is 9.46. The quantitative estimate of drug-likeness (QED) is 0.139. The second kappa shape index (κ2) is 16.9. The Balaban J connectivity index is 1.18. The number of carbonyl (C=O) groups excluding carboxylic acids is 2. The fourth-order valence-electron chi connectivity index (χ4n) is 7.03. The summed E-state index contributed by atoms with van der Waals surface area (Å²) in [5, 5.41) is 15.6. The van der Waals surface area contributed by atoms with Crippen molar-refractivity contribution in [3.8, 4) is 11.1 Å². The van der Waals surface area contributed by atoms with E-state index in [9.17, 15) is 14.7 Å². The summed E-state index contributed by atoms with van der Waals surface area (Å²) >= 11 is 0.